The van der Waals surface area contributed by atoms with Crippen molar-refractivity contribution in [1.29, 1.82) is 5.26 Å². The molecule has 19 heavy (non-hydrogen) atoms. The summed E-state index contributed by atoms with van der Waals surface area (Å²) in [5, 5.41) is 13.1. The fraction of sp³-hybridized carbons (Fsp3) is 0.933. The third-order valence-corrected chi connectivity index (χ3v) is 4.71. The molecule has 2 unspecified atom stereocenters. The van der Waals surface area contributed by atoms with Crippen molar-refractivity contribution < 1.29 is 0 Å². The molecule has 1 saturated carbocycles. The van der Waals surface area contributed by atoms with Gasteiger partial charge in [0.1, 0.15) is 5.54 Å². The van der Waals surface area contributed by atoms with Gasteiger partial charge >= 0.3 is 0 Å². The van der Waals surface area contributed by atoms with Gasteiger partial charge in [-0.1, -0.05) is 6.92 Å². The summed E-state index contributed by atoms with van der Waals surface area (Å²) in [7, 11) is 2.20. The summed E-state index contributed by atoms with van der Waals surface area (Å²) >= 11 is 0. The Morgan fingerprint density at radius 3 is 2.68 bits per heavy atom. The van der Waals surface area contributed by atoms with E-state index in [4.69, 9.17) is 0 Å². The Morgan fingerprint density at radius 1 is 1.32 bits per heavy atom. The highest BCUT2D eigenvalue weighted by atomic mass is 15.3. The molecule has 2 aliphatic rings. The van der Waals surface area contributed by atoms with Gasteiger partial charge in [0.25, 0.3) is 0 Å². The Bertz CT molecular complexity index is 317. The highest BCUT2D eigenvalue weighted by Crippen LogP contribution is 2.31. The molecule has 0 radical (unpaired) electrons. The molecule has 1 aliphatic heterocycles. The fourth-order valence-corrected chi connectivity index (χ4v) is 3.41. The minimum Gasteiger partial charge on any atom is -0.304 e. The Balaban J connectivity index is 1.94. The van der Waals surface area contributed by atoms with Crippen LogP contribution in [0.15, 0.2) is 0 Å². The number of rotatable bonds is 4. The number of likely N-dealkylation sites (N-methyl/N-ethyl adjacent to an activating group) is 1. The molecule has 1 saturated heterocycles. The van der Waals surface area contributed by atoms with Crippen molar-refractivity contribution >= 4 is 0 Å². The first-order valence-electron chi connectivity index (χ1n) is 7.78. The molecule has 1 aliphatic carbocycles. The van der Waals surface area contributed by atoms with Crippen LogP contribution in [0.3, 0.4) is 0 Å². The summed E-state index contributed by atoms with van der Waals surface area (Å²) in [6.07, 6.45) is 5.58. The van der Waals surface area contributed by atoms with E-state index in [0.29, 0.717) is 6.04 Å². The van der Waals surface area contributed by atoms with Gasteiger partial charge in [0.2, 0.25) is 0 Å². The van der Waals surface area contributed by atoms with Crippen LogP contribution in [0.1, 0.15) is 39.0 Å². The number of nitriles is 1. The molecule has 2 atom stereocenters. The van der Waals surface area contributed by atoms with E-state index in [9.17, 15) is 5.26 Å². The van der Waals surface area contributed by atoms with Gasteiger partial charge in [0, 0.05) is 32.2 Å². The SMILES string of the molecule is CCCNC1(C#N)CCCC(N2CCN(C)CC2)C1. The van der Waals surface area contributed by atoms with E-state index in [1.165, 1.54) is 25.9 Å². The Hall–Kier alpha value is -0.630. The molecular formula is C15H28N4. The van der Waals surface area contributed by atoms with Crippen molar-refractivity contribution in [3.05, 3.63) is 0 Å². The maximum absolute atomic E-state index is 9.59. The van der Waals surface area contributed by atoms with Crippen molar-refractivity contribution in [2.75, 3.05) is 39.8 Å². The zero-order chi connectivity index (χ0) is 13.7. The molecule has 4 nitrogen and oxygen atoms in total. The Kier molecular flexibility index (Phi) is 5.20. The van der Waals surface area contributed by atoms with Crippen LogP contribution in [0.5, 0.6) is 0 Å². The normalized spacial score (nSPS) is 34.1. The number of nitrogens with zero attached hydrogens (tertiary/aromatic N) is 3. The van der Waals surface area contributed by atoms with Gasteiger partial charge in [-0.3, -0.25) is 10.2 Å². The van der Waals surface area contributed by atoms with Gasteiger partial charge in [-0.25, -0.2) is 0 Å². The molecule has 0 aromatic heterocycles. The van der Waals surface area contributed by atoms with Gasteiger partial charge in [-0.05, 0) is 45.7 Å². The van der Waals surface area contributed by atoms with Gasteiger partial charge < -0.3 is 4.90 Å². The van der Waals surface area contributed by atoms with Crippen molar-refractivity contribution in [2.45, 2.75) is 50.6 Å². The molecule has 0 amide bonds. The second kappa shape index (κ2) is 6.69. The van der Waals surface area contributed by atoms with Crippen LogP contribution >= 0.6 is 0 Å². The highest BCUT2D eigenvalue weighted by molar-refractivity contribution is 5.11. The molecule has 2 fully saturated rings. The minimum atomic E-state index is -0.262. The second-order valence-corrected chi connectivity index (χ2v) is 6.21. The maximum Gasteiger partial charge on any atom is 0.108 e. The second-order valence-electron chi connectivity index (χ2n) is 6.21. The molecule has 0 bridgehead atoms. The predicted molar refractivity (Wildman–Crippen MR) is 78.0 cm³/mol. The van der Waals surface area contributed by atoms with Crippen LogP contribution in [-0.4, -0.2) is 61.2 Å². The highest BCUT2D eigenvalue weighted by Gasteiger charge is 2.38. The first-order chi connectivity index (χ1) is 9.19. The van der Waals surface area contributed by atoms with E-state index < -0.39 is 0 Å². The fourth-order valence-electron chi connectivity index (χ4n) is 3.41. The van der Waals surface area contributed by atoms with Gasteiger partial charge in [-0.15, -0.1) is 0 Å². The van der Waals surface area contributed by atoms with E-state index in [-0.39, 0.29) is 5.54 Å². The average Bonchev–Trinajstić information content (AvgIpc) is 2.46. The third kappa shape index (κ3) is 3.68. The first-order valence-corrected chi connectivity index (χ1v) is 7.78. The average molecular weight is 264 g/mol. The summed E-state index contributed by atoms with van der Waals surface area (Å²) < 4.78 is 0. The summed E-state index contributed by atoms with van der Waals surface area (Å²) in [6.45, 7) is 7.78. The molecule has 1 heterocycles. The summed E-state index contributed by atoms with van der Waals surface area (Å²) in [5.41, 5.74) is -0.262. The number of piperazine rings is 1. The quantitative estimate of drug-likeness (QED) is 0.834. The molecule has 0 aromatic carbocycles. The van der Waals surface area contributed by atoms with Gasteiger partial charge in [0.05, 0.1) is 6.07 Å². The molecule has 4 heteroatoms. The van der Waals surface area contributed by atoms with E-state index >= 15 is 0 Å². The van der Waals surface area contributed by atoms with E-state index in [2.05, 4.69) is 35.2 Å². The van der Waals surface area contributed by atoms with Gasteiger partial charge in [0.15, 0.2) is 0 Å². The van der Waals surface area contributed by atoms with Crippen molar-refractivity contribution in [2.24, 2.45) is 0 Å². The monoisotopic (exact) mass is 264 g/mol. The van der Waals surface area contributed by atoms with Crippen LogP contribution in [0.4, 0.5) is 0 Å². The molecule has 2 rings (SSSR count). The lowest BCUT2D eigenvalue weighted by Gasteiger charge is -2.44. The summed E-state index contributed by atoms with van der Waals surface area (Å²) in [6, 6.07) is 3.19. The standard InChI is InChI=1S/C15H28N4/c1-3-7-17-15(13-16)6-4-5-14(12-15)19-10-8-18(2)9-11-19/h14,17H,3-12H2,1-2H3. The van der Waals surface area contributed by atoms with Crippen LogP contribution in [0.2, 0.25) is 0 Å². The maximum atomic E-state index is 9.59. The van der Waals surface area contributed by atoms with Gasteiger partial charge in [-0.2, -0.15) is 5.26 Å². The predicted octanol–water partition coefficient (Wildman–Crippen LogP) is 1.44. The Morgan fingerprint density at radius 2 is 2.05 bits per heavy atom. The summed E-state index contributed by atoms with van der Waals surface area (Å²) in [4.78, 5) is 5.01. The smallest absolute Gasteiger partial charge is 0.108 e. The summed E-state index contributed by atoms with van der Waals surface area (Å²) in [5.74, 6) is 0. The van der Waals surface area contributed by atoms with Crippen LogP contribution in [0.25, 0.3) is 0 Å². The van der Waals surface area contributed by atoms with E-state index in [1.807, 2.05) is 0 Å². The molecule has 0 spiro atoms. The number of hydrogen-bond donors (Lipinski definition) is 1. The molecule has 0 aromatic rings. The largest absolute Gasteiger partial charge is 0.304 e. The Labute approximate surface area is 117 Å². The number of nitrogens with one attached hydrogen (secondary N) is 1. The van der Waals surface area contributed by atoms with Crippen LogP contribution in [-0.2, 0) is 0 Å². The van der Waals surface area contributed by atoms with E-state index in [0.717, 1.165) is 38.9 Å². The van der Waals surface area contributed by atoms with Crippen molar-refractivity contribution in [3.63, 3.8) is 0 Å². The molecule has 1 N–H and O–H groups in total. The lowest BCUT2D eigenvalue weighted by atomic mass is 9.79. The van der Waals surface area contributed by atoms with Crippen molar-refractivity contribution in [1.82, 2.24) is 15.1 Å². The van der Waals surface area contributed by atoms with Crippen LogP contribution in [0, 0.1) is 11.3 Å². The topological polar surface area (TPSA) is 42.3 Å². The molecule has 108 valence electrons. The molecular weight excluding hydrogens is 236 g/mol. The van der Waals surface area contributed by atoms with E-state index in [1.54, 1.807) is 0 Å². The van der Waals surface area contributed by atoms with Crippen LogP contribution < -0.4 is 5.32 Å². The third-order valence-electron chi connectivity index (χ3n) is 4.71. The lowest BCUT2D eigenvalue weighted by molar-refractivity contribution is 0.0723. The zero-order valence-electron chi connectivity index (χ0n) is 12.5. The number of hydrogen-bond acceptors (Lipinski definition) is 4. The lowest BCUT2D eigenvalue weighted by Crippen LogP contribution is -2.56. The minimum absolute atomic E-state index is 0.262. The van der Waals surface area contributed by atoms with Crippen molar-refractivity contribution in [3.8, 4) is 6.07 Å². The zero-order valence-corrected chi connectivity index (χ0v) is 12.5. The first kappa shape index (κ1) is 14.8.